The molecule has 0 spiro atoms. The Morgan fingerprint density at radius 2 is 1.71 bits per heavy atom. The lowest BCUT2D eigenvalue weighted by Gasteiger charge is -2.24. The molecular formula is C25H24N4O2. The summed E-state index contributed by atoms with van der Waals surface area (Å²) < 4.78 is 1.35. The topological polar surface area (TPSA) is 68.1 Å². The van der Waals surface area contributed by atoms with Gasteiger partial charge in [-0.05, 0) is 42.7 Å². The SMILES string of the molecule is CCn1nc(C(=O)N(Cc2cccnc2)Cc2ccccc2C)c2ccccc2c1=O. The van der Waals surface area contributed by atoms with Crippen LogP contribution >= 0.6 is 0 Å². The fourth-order valence-electron chi connectivity index (χ4n) is 3.66. The molecule has 0 radical (unpaired) electrons. The van der Waals surface area contributed by atoms with Crippen molar-refractivity contribution in [2.24, 2.45) is 0 Å². The van der Waals surface area contributed by atoms with Crippen LogP contribution in [0.5, 0.6) is 0 Å². The smallest absolute Gasteiger partial charge is 0.275 e. The predicted octanol–water partition coefficient (Wildman–Crippen LogP) is 3.96. The number of pyridine rings is 1. The number of carbonyl (C=O) groups excluding carboxylic acids is 1. The summed E-state index contributed by atoms with van der Waals surface area (Å²) in [6.45, 7) is 5.10. The molecule has 0 saturated carbocycles. The molecule has 4 rings (SSSR count). The van der Waals surface area contributed by atoms with Crippen LogP contribution in [-0.4, -0.2) is 25.6 Å². The number of hydrogen-bond donors (Lipinski definition) is 0. The first kappa shape index (κ1) is 20.5. The zero-order valence-electron chi connectivity index (χ0n) is 17.7. The van der Waals surface area contributed by atoms with Gasteiger partial charge in [0.2, 0.25) is 0 Å². The van der Waals surface area contributed by atoms with E-state index < -0.39 is 0 Å². The Kier molecular flexibility index (Phi) is 5.89. The van der Waals surface area contributed by atoms with Crippen molar-refractivity contribution in [3.05, 3.63) is 106 Å². The Bertz CT molecular complexity index is 1280. The Labute approximate surface area is 180 Å². The van der Waals surface area contributed by atoms with Crippen molar-refractivity contribution in [2.75, 3.05) is 0 Å². The van der Waals surface area contributed by atoms with E-state index >= 15 is 0 Å². The first-order valence-corrected chi connectivity index (χ1v) is 10.3. The van der Waals surface area contributed by atoms with E-state index in [1.54, 1.807) is 35.5 Å². The minimum atomic E-state index is -0.217. The number of fused-ring (bicyclic) bond motifs is 1. The number of aromatic nitrogens is 3. The maximum Gasteiger partial charge on any atom is 0.275 e. The second-order valence-electron chi connectivity index (χ2n) is 7.46. The number of rotatable bonds is 6. The number of carbonyl (C=O) groups is 1. The molecule has 0 unspecified atom stereocenters. The van der Waals surface area contributed by atoms with Crippen molar-refractivity contribution in [1.82, 2.24) is 19.7 Å². The standard InChI is InChI=1S/C25H24N4O2/c1-3-29-24(30)22-13-7-6-12-21(22)23(27-29)25(31)28(16-19-10-8-14-26-15-19)17-20-11-5-4-9-18(20)2/h4-15H,3,16-17H2,1-2H3. The molecule has 0 aliphatic carbocycles. The highest BCUT2D eigenvalue weighted by atomic mass is 16.2. The highest BCUT2D eigenvalue weighted by Gasteiger charge is 2.23. The Morgan fingerprint density at radius 3 is 2.42 bits per heavy atom. The van der Waals surface area contributed by atoms with Crippen LogP contribution in [0.25, 0.3) is 10.8 Å². The highest BCUT2D eigenvalue weighted by molar-refractivity contribution is 6.04. The molecule has 0 bridgehead atoms. The van der Waals surface area contributed by atoms with Crippen LogP contribution in [0, 0.1) is 6.92 Å². The van der Waals surface area contributed by atoms with Gasteiger partial charge in [0.05, 0.1) is 5.39 Å². The second kappa shape index (κ2) is 8.92. The van der Waals surface area contributed by atoms with Crippen molar-refractivity contribution in [3.8, 4) is 0 Å². The summed E-state index contributed by atoms with van der Waals surface area (Å²) in [6, 6.07) is 19.0. The number of hydrogen-bond acceptors (Lipinski definition) is 4. The van der Waals surface area contributed by atoms with Crippen LogP contribution in [0.2, 0.25) is 0 Å². The molecular weight excluding hydrogens is 388 g/mol. The van der Waals surface area contributed by atoms with Crippen LogP contribution in [-0.2, 0) is 19.6 Å². The number of nitrogens with zero attached hydrogens (tertiary/aromatic N) is 4. The van der Waals surface area contributed by atoms with Crippen LogP contribution in [0.1, 0.15) is 34.1 Å². The van der Waals surface area contributed by atoms with Crippen molar-refractivity contribution in [2.45, 2.75) is 33.5 Å². The summed E-state index contributed by atoms with van der Waals surface area (Å²) in [4.78, 5) is 32.4. The Balaban J connectivity index is 1.81. The van der Waals surface area contributed by atoms with E-state index in [-0.39, 0.29) is 17.2 Å². The molecule has 2 aromatic carbocycles. The van der Waals surface area contributed by atoms with E-state index in [4.69, 9.17) is 0 Å². The minimum absolute atomic E-state index is 0.188. The summed E-state index contributed by atoms with van der Waals surface area (Å²) >= 11 is 0. The molecule has 1 amide bonds. The molecule has 6 heteroatoms. The lowest BCUT2D eigenvalue weighted by atomic mass is 10.1. The molecule has 0 fully saturated rings. The third-order valence-electron chi connectivity index (χ3n) is 5.38. The van der Waals surface area contributed by atoms with Crippen molar-refractivity contribution >= 4 is 16.7 Å². The van der Waals surface area contributed by atoms with Gasteiger partial charge in [0.15, 0.2) is 5.69 Å². The van der Waals surface area contributed by atoms with E-state index in [0.29, 0.717) is 30.4 Å². The third-order valence-corrected chi connectivity index (χ3v) is 5.38. The molecule has 4 aromatic rings. The molecule has 0 atom stereocenters. The molecule has 156 valence electrons. The molecule has 0 aliphatic heterocycles. The van der Waals surface area contributed by atoms with Crippen LogP contribution in [0.4, 0.5) is 0 Å². The maximum absolute atomic E-state index is 13.8. The van der Waals surface area contributed by atoms with Gasteiger partial charge in [0.25, 0.3) is 11.5 Å². The van der Waals surface area contributed by atoms with Gasteiger partial charge in [0, 0.05) is 37.4 Å². The summed E-state index contributed by atoms with van der Waals surface area (Å²) in [7, 11) is 0. The molecule has 0 N–H and O–H groups in total. The number of aryl methyl sites for hydroxylation is 2. The van der Waals surface area contributed by atoms with Crippen molar-refractivity contribution < 1.29 is 4.79 Å². The summed E-state index contributed by atoms with van der Waals surface area (Å²) in [5.41, 5.74) is 3.20. The number of benzene rings is 2. The quantitative estimate of drug-likeness (QED) is 0.481. The fraction of sp³-hybridized carbons (Fsp3) is 0.200. The molecule has 2 aromatic heterocycles. The lowest BCUT2D eigenvalue weighted by molar-refractivity contribution is 0.0723. The van der Waals surface area contributed by atoms with Gasteiger partial charge in [-0.15, -0.1) is 0 Å². The van der Waals surface area contributed by atoms with Crippen molar-refractivity contribution in [3.63, 3.8) is 0 Å². The van der Waals surface area contributed by atoms with E-state index in [2.05, 4.69) is 10.1 Å². The van der Waals surface area contributed by atoms with E-state index in [9.17, 15) is 9.59 Å². The number of amides is 1. The first-order valence-electron chi connectivity index (χ1n) is 10.3. The molecule has 6 nitrogen and oxygen atoms in total. The monoisotopic (exact) mass is 412 g/mol. The summed E-state index contributed by atoms with van der Waals surface area (Å²) in [5.74, 6) is -0.217. The van der Waals surface area contributed by atoms with Gasteiger partial charge >= 0.3 is 0 Å². The highest BCUT2D eigenvalue weighted by Crippen LogP contribution is 2.19. The van der Waals surface area contributed by atoms with Gasteiger partial charge in [-0.1, -0.05) is 48.5 Å². The van der Waals surface area contributed by atoms with E-state index in [1.165, 1.54) is 4.68 Å². The zero-order valence-corrected chi connectivity index (χ0v) is 17.7. The molecule has 0 saturated heterocycles. The Hall–Kier alpha value is -3.80. The predicted molar refractivity (Wildman–Crippen MR) is 121 cm³/mol. The van der Waals surface area contributed by atoms with E-state index in [1.807, 2.05) is 56.3 Å². The van der Waals surface area contributed by atoms with Crippen LogP contribution in [0.15, 0.2) is 77.9 Å². The minimum Gasteiger partial charge on any atom is -0.329 e. The lowest BCUT2D eigenvalue weighted by Crippen LogP contribution is -2.34. The largest absolute Gasteiger partial charge is 0.329 e. The average Bonchev–Trinajstić information content (AvgIpc) is 2.81. The molecule has 31 heavy (non-hydrogen) atoms. The van der Waals surface area contributed by atoms with Gasteiger partial charge in [-0.25, -0.2) is 4.68 Å². The fourth-order valence-corrected chi connectivity index (χ4v) is 3.66. The van der Waals surface area contributed by atoms with Crippen molar-refractivity contribution in [1.29, 1.82) is 0 Å². The van der Waals surface area contributed by atoms with Crippen LogP contribution < -0.4 is 5.56 Å². The molecule has 0 aliphatic rings. The Morgan fingerprint density at radius 1 is 0.968 bits per heavy atom. The maximum atomic E-state index is 13.8. The zero-order chi connectivity index (χ0) is 21.8. The van der Waals surface area contributed by atoms with Gasteiger partial charge < -0.3 is 4.90 Å². The average molecular weight is 412 g/mol. The third kappa shape index (κ3) is 4.23. The normalized spacial score (nSPS) is 10.9. The van der Waals surface area contributed by atoms with Gasteiger partial charge in [-0.3, -0.25) is 14.6 Å². The summed E-state index contributed by atoms with van der Waals surface area (Å²) in [6.07, 6.45) is 3.47. The second-order valence-corrected chi connectivity index (χ2v) is 7.46. The van der Waals surface area contributed by atoms with E-state index in [0.717, 1.165) is 16.7 Å². The van der Waals surface area contributed by atoms with Gasteiger partial charge in [0.1, 0.15) is 0 Å². The van der Waals surface area contributed by atoms with Gasteiger partial charge in [-0.2, -0.15) is 5.10 Å². The first-order chi connectivity index (χ1) is 15.1. The van der Waals surface area contributed by atoms with Crippen LogP contribution in [0.3, 0.4) is 0 Å². The molecule has 2 heterocycles. The summed E-state index contributed by atoms with van der Waals surface area (Å²) in [5, 5.41) is 5.52.